The summed E-state index contributed by atoms with van der Waals surface area (Å²) in [6, 6.07) is 0. The summed E-state index contributed by atoms with van der Waals surface area (Å²) in [5, 5.41) is 3.61. The first kappa shape index (κ1) is 11.0. The summed E-state index contributed by atoms with van der Waals surface area (Å²) in [5.74, 6) is 0. The Bertz CT molecular complexity index is 193. The topological polar surface area (TPSA) is 76.7 Å². The van der Waals surface area contributed by atoms with Crippen molar-refractivity contribution in [3.63, 3.8) is 0 Å². The maximum absolute atomic E-state index is 10.3. The lowest BCUT2D eigenvalue weighted by atomic mass is 10.4. The van der Waals surface area contributed by atoms with Crippen LogP contribution in [0.5, 0.6) is 0 Å². The molecule has 5 nitrogen and oxygen atoms in total. The first-order chi connectivity index (χ1) is 5.70. The van der Waals surface area contributed by atoms with E-state index >= 15 is 0 Å². The summed E-state index contributed by atoms with van der Waals surface area (Å²) in [7, 11) is 0. The third-order valence-electron chi connectivity index (χ3n) is 0.900. The first-order valence-corrected chi connectivity index (χ1v) is 3.76. The summed E-state index contributed by atoms with van der Waals surface area (Å²) in [6.45, 7) is 2.51. The van der Waals surface area contributed by atoms with E-state index in [4.69, 9.17) is 10.5 Å². The second kappa shape index (κ2) is 6.68. The molecule has 0 unspecified atom stereocenters. The summed E-state index contributed by atoms with van der Waals surface area (Å²) < 4.78 is 4.93. The van der Waals surface area contributed by atoms with E-state index in [-0.39, 0.29) is 17.4 Å². The number of carbonyl (C=O) groups is 1. The highest BCUT2D eigenvalue weighted by Crippen LogP contribution is 1.77. The van der Waals surface area contributed by atoms with E-state index in [2.05, 4.69) is 22.7 Å². The molecular weight excluding hydrogens is 178 g/mol. The number of nitrogens with two attached hydrogens (primary N) is 1. The Morgan fingerprint density at radius 1 is 1.83 bits per heavy atom. The van der Waals surface area contributed by atoms with Gasteiger partial charge in [-0.05, 0) is 19.1 Å². The van der Waals surface area contributed by atoms with Gasteiger partial charge in [0.15, 0.2) is 11.4 Å². The van der Waals surface area contributed by atoms with Crippen LogP contribution in [0.25, 0.3) is 0 Å². The monoisotopic (exact) mass is 189 g/mol. The lowest BCUT2D eigenvalue weighted by Gasteiger charge is -1.99. The molecule has 0 saturated carbocycles. The van der Waals surface area contributed by atoms with Crippen molar-refractivity contribution in [3.8, 4) is 0 Å². The van der Waals surface area contributed by atoms with Crippen LogP contribution >= 0.6 is 12.2 Å². The van der Waals surface area contributed by atoms with Crippen molar-refractivity contribution in [2.24, 2.45) is 10.8 Å². The van der Waals surface area contributed by atoms with Gasteiger partial charge < -0.3 is 10.5 Å². The van der Waals surface area contributed by atoms with Crippen LogP contribution in [0.3, 0.4) is 0 Å². The number of hydrogen-bond donors (Lipinski definition) is 2. The van der Waals surface area contributed by atoms with E-state index in [0.29, 0.717) is 12.9 Å². The first-order valence-electron chi connectivity index (χ1n) is 3.35. The van der Waals surface area contributed by atoms with Gasteiger partial charge in [-0.1, -0.05) is 0 Å². The number of thiocarbonyl (C=S) groups is 1. The zero-order valence-corrected chi connectivity index (χ0v) is 7.56. The minimum Gasteiger partial charge on any atom is -0.375 e. The molecule has 0 aliphatic heterocycles. The number of rotatable bonds is 5. The minimum absolute atomic E-state index is 0.0193. The van der Waals surface area contributed by atoms with Crippen LogP contribution in [-0.2, 0) is 9.53 Å². The van der Waals surface area contributed by atoms with Gasteiger partial charge in [-0.25, -0.2) is 0 Å². The van der Waals surface area contributed by atoms with Gasteiger partial charge in [0.25, 0.3) is 0 Å². The van der Waals surface area contributed by atoms with Gasteiger partial charge in [0.2, 0.25) is 0 Å². The number of nitrogens with one attached hydrogen (secondary N) is 1. The van der Waals surface area contributed by atoms with Crippen LogP contribution in [0.15, 0.2) is 5.10 Å². The van der Waals surface area contributed by atoms with Crippen molar-refractivity contribution < 1.29 is 9.53 Å². The molecule has 68 valence electrons. The van der Waals surface area contributed by atoms with Crippen molar-refractivity contribution >= 4 is 29.3 Å². The van der Waals surface area contributed by atoms with E-state index in [1.807, 2.05) is 6.92 Å². The molecule has 12 heavy (non-hydrogen) atoms. The predicted octanol–water partition coefficient (Wildman–Crippen LogP) is -0.589. The van der Waals surface area contributed by atoms with Crippen molar-refractivity contribution in [1.29, 1.82) is 0 Å². The summed E-state index contributed by atoms with van der Waals surface area (Å²) >= 11 is 4.48. The van der Waals surface area contributed by atoms with E-state index in [9.17, 15) is 4.79 Å². The average molecular weight is 189 g/mol. The number of aldehydes is 1. The number of nitrogens with zero attached hydrogens (tertiary/aromatic N) is 1. The van der Waals surface area contributed by atoms with Gasteiger partial charge in [-0.3, -0.25) is 10.2 Å². The Labute approximate surface area is 76.0 Å². The zero-order chi connectivity index (χ0) is 9.40. The van der Waals surface area contributed by atoms with Crippen LogP contribution in [0.2, 0.25) is 0 Å². The molecule has 0 atom stereocenters. The normalized spacial score (nSPS) is 10.9. The minimum atomic E-state index is 0.0193. The van der Waals surface area contributed by atoms with E-state index in [0.717, 1.165) is 0 Å². The quantitative estimate of drug-likeness (QED) is 0.262. The molecule has 0 aromatic heterocycles. The van der Waals surface area contributed by atoms with Gasteiger partial charge in [-0.15, -0.1) is 0 Å². The standard InChI is InChI=1S/C6H11N3O2S/c1-2-11-4-5(3-10)8-9-6(7)12/h3H,2,4H2,1H3,(H3,7,9,12). The molecule has 0 aliphatic carbocycles. The lowest BCUT2D eigenvalue weighted by Crippen LogP contribution is -2.26. The highest BCUT2D eigenvalue weighted by molar-refractivity contribution is 7.80. The highest BCUT2D eigenvalue weighted by Gasteiger charge is 1.96. The Kier molecular flexibility index (Phi) is 6.12. The van der Waals surface area contributed by atoms with Crippen molar-refractivity contribution in [3.05, 3.63) is 0 Å². The van der Waals surface area contributed by atoms with Gasteiger partial charge in [0.1, 0.15) is 5.71 Å². The molecule has 3 N–H and O–H groups in total. The molecule has 0 fully saturated rings. The second-order valence-electron chi connectivity index (χ2n) is 1.83. The molecule has 0 radical (unpaired) electrons. The molecule has 0 aromatic rings. The van der Waals surface area contributed by atoms with Gasteiger partial charge in [0, 0.05) is 6.61 Å². The molecule has 0 heterocycles. The fraction of sp³-hybridized carbons (Fsp3) is 0.500. The van der Waals surface area contributed by atoms with Crippen LogP contribution in [0.4, 0.5) is 0 Å². The maximum Gasteiger partial charge on any atom is 0.184 e. The van der Waals surface area contributed by atoms with Crippen LogP contribution < -0.4 is 11.2 Å². The molecule has 0 amide bonds. The predicted molar refractivity (Wildman–Crippen MR) is 49.9 cm³/mol. The van der Waals surface area contributed by atoms with Crippen LogP contribution in [0.1, 0.15) is 6.92 Å². The molecular formula is C6H11N3O2S. The molecule has 0 bridgehead atoms. The van der Waals surface area contributed by atoms with Gasteiger partial charge >= 0.3 is 0 Å². The van der Waals surface area contributed by atoms with Crippen molar-refractivity contribution in [2.75, 3.05) is 13.2 Å². The maximum atomic E-state index is 10.3. The molecule has 0 spiro atoms. The Morgan fingerprint density at radius 3 is 2.92 bits per heavy atom. The Hall–Kier alpha value is -1.01. The average Bonchev–Trinajstić information content (AvgIpc) is 2.05. The Balaban J connectivity index is 3.86. The number of hydrogen-bond acceptors (Lipinski definition) is 4. The lowest BCUT2D eigenvalue weighted by molar-refractivity contribution is -0.103. The molecule has 0 aromatic carbocycles. The van der Waals surface area contributed by atoms with Crippen LogP contribution in [0, 0.1) is 0 Å². The van der Waals surface area contributed by atoms with Crippen molar-refractivity contribution in [1.82, 2.24) is 5.43 Å². The number of ether oxygens (including phenoxy) is 1. The fourth-order valence-corrected chi connectivity index (χ4v) is 0.472. The smallest absolute Gasteiger partial charge is 0.184 e. The Morgan fingerprint density at radius 2 is 2.50 bits per heavy atom. The summed E-state index contributed by atoms with van der Waals surface area (Å²) in [5.41, 5.74) is 7.60. The number of hydrazone groups is 1. The van der Waals surface area contributed by atoms with E-state index in [1.165, 1.54) is 0 Å². The highest BCUT2D eigenvalue weighted by atomic mass is 32.1. The third-order valence-corrected chi connectivity index (χ3v) is 0.991. The number of carbonyl (C=O) groups excluding carboxylic acids is 1. The third kappa shape index (κ3) is 5.75. The molecule has 0 saturated heterocycles. The van der Waals surface area contributed by atoms with E-state index < -0.39 is 0 Å². The second-order valence-corrected chi connectivity index (χ2v) is 2.27. The molecule has 6 heteroatoms. The van der Waals surface area contributed by atoms with Gasteiger partial charge in [-0.2, -0.15) is 5.10 Å². The summed E-state index contributed by atoms with van der Waals surface area (Å²) in [6.07, 6.45) is 0.584. The van der Waals surface area contributed by atoms with Crippen LogP contribution in [-0.4, -0.2) is 30.3 Å². The molecule has 0 rings (SSSR count). The van der Waals surface area contributed by atoms with E-state index in [1.54, 1.807) is 0 Å². The van der Waals surface area contributed by atoms with Gasteiger partial charge in [0.05, 0.1) is 6.61 Å². The summed E-state index contributed by atoms with van der Waals surface area (Å²) in [4.78, 5) is 10.3. The molecule has 0 aliphatic rings. The SMILES string of the molecule is CCOCC(C=O)=NNC(N)=S. The zero-order valence-electron chi connectivity index (χ0n) is 6.74. The van der Waals surface area contributed by atoms with Crippen molar-refractivity contribution in [2.45, 2.75) is 6.92 Å². The largest absolute Gasteiger partial charge is 0.375 e. The fourth-order valence-electron chi connectivity index (χ4n) is 0.426.